The molecule has 3 rings (SSSR count). The third-order valence-corrected chi connectivity index (χ3v) is 3.89. The van der Waals surface area contributed by atoms with Gasteiger partial charge >= 0.3 is 0 Å². The van der Waals surface area contributed by atoms with Crippen molar-refractivity contribution >= 4 is 5.78 Å². The van der Waals surface area contributed by atoms with E-state index in [1.54, 1.807) is 0 Å². The van der Waals surface area contributed by atoms with Crippen LogP contribution in [0.5, 0.6) is 0 Å². The minimum absolute atomic E-state index is 0.310. The summed E-state index contributed by atoms with van der Waals surface area (Å²) in [5.74, 6) is 1.34. The Morgan fingerprint density at radius 1 is 1.21 bits per heavy atom. The van der Waals surface area contributed by atoms with Gasteiger partial charge in [-0.3, -0.25) is 4.79 Å². The van der Waals surface area contributed by atoms with Crippen molar-refractivity contribution in [2.45, 2.75) is 45.7 Å². The van der Waals surface area contributed by atoms with E-state index in [0.717, 1.165) is 43.7 Å². The summed E-state index contributed by atoms with van der Waals surface area (Å²) in [7, 11) is 0. The zero-order valence-corrected chi connectivity index (χ0v) is 11.3. The molecule has 0 saturated carbocycles. The van der Waals surface area contributed by atoms with E-state index in [1.807, 2.05) is 25.5 Å². The van der Waals surface area contributed by atoms with Gasteiger partial charge in [-0.05, 0) is 31.7 Å². The lowest BCUT2D eigenvalue weighted by molar-refractivity contribution is 0.0982. The lowest BCUT2D eigenvalue weighted by Crippen LogP contribution is -2.06. The van der Waals surface area contributed by atoms with Gasteiger partial charge in [-0.1, -0.05) is 0 Å². The molecular weight excluding hydrogens is 238 g/mol. The average molecular weight is 257 g/mol. The number of hydrogen-bond acceptors (Lipinski definition) is 2. The highest BCUT2D eigenvalue weighted by Crippen LogP contribution is 2.21. The Kier molecular flexibility index (Phi) is 3.23. The van der Waals surface area contributed by atoms with Crippen molar-refractivity contribution < 1.29 is 4.79 Å². The lowest BCUT2D eigenvalue weighted by Gasteiger charge is -2.06. The normalized spacial score (nSPS) is 15.3. The predicted molar refractivity (Wildman–Crippen MR) is 73.3 cm³/mol. The number of carbonyl (C=O) groups excluding carboxylic acids is 1. The first-order valence-corrected chi connectivity index (χ1v) is 6.93. The first kappa shape index (κ1) is 12.2. The minimum Gasteiger partial charge on any atom is -0.351 e. The second-order valence-electron chi connectivity index (χ2n) is 5.23. The molecule has 4 heteroatoms. The lowest BCUT2D eigenvalue weighted by atomic mass is 10.1. The molecule has 0 bridgehead atoms. The first-order valence-electron chi connectivity index (χ1n) is 6.93. The van der Waals surface area contributed by atoms with Crippen molar-refractivity contribution in [3.05, 3.63) is 41.7 Å². The fraction of sp³-hybridized carbons (Fsp3) is 0.467. The highest BCUT2D eigenvalue weighted by Gasteiger charge is 2.17. The van der Waals surface area contributed by atoms with Crippen molar-refractivity contribution in [3.8, 4) is 0 Å². The number of imidazole rings is 1. The van der Waals surface area contributed by atoms with Crippen LogP contribution < -0.4 is 0 Å². The number of aryl methyl sites for hydroxylation is 4. The minimum atomic E-state index is 0.310. The summed E-state index contributed by atoms with van der Waals surface area (Å²) in [4.78, 5) is 16.2. The van der Waals surface area contributed by atoms with Crippen molar-refractivity contribution in [3.63, 3.8) is 0 Å². The Hall–Kier alpha value is -1.84. The zero-order valence-electron chi connectivity index (χ0n) is 11.3. The van der Waals surface area contributed by atoms with Crippen LogP contribution in [-0.4, -0.2) is 19.9 Å². The van der Waals surface area contributed by atoms with E-state index in [2.05, 4.69) is 20.3 Å². The molecule has 0 N–H and O–H groups in total. The predicted octanol–water partition coefficient (Wildman–Crippen LogP) is 2.60. The fourth-order valence-electron chi connectivity index (χ4n) is 2.73. The van der Waals surface area contributed by atoms with Crippen LogP contribution in [0.2, 0.25) is 0 Å². The first-order chi connectivity index (χ1) is 9.24. The van der Waals surface area contributed by atoms with Crippen LogP contribution in [0.3, 0.4) is 0 Å². The molecule has 0 unspecified atom stereocenters. The van der Waals surface area contributed by atoms with Crippen LogP contribution in [0.1, 0.15) is 41.0 Å². The SMILES string of the molecule is Cc1nccn1CCn1cc2c(c1)C(=O)CCCC2. The smallest absolute Gasteiger partial charge is 0.164 e. The molecule has 100 valence electrons. The molecule has 2 heterocycles. The fourth-order valence-corrected chi connectivity index (χ4v) is 2.73. The molecule has 2 aromatic rings. The van der Waals surface area contributed by atoms with Gasteiger partial charge in [0.25, 0.3) is 0 Å². The van der Waals surface area contributed by atoms with Crippen LogP contribution in [-0.2, 0) is 19.5 Å². The van der Waals surface area contributed by atoms with E-state index in [4.69, 9.17) is 0 Å². The van der Waals surface area contributed by atoms with Crippen LogP contribution in [0.15, 0.2) is 24.8 Å². The van der Waals surface area contributed by atoms with Crippen LogP contribution in [0.4, 0.5) is 0 Å². The van der Waals surface area contributed by atoms with E-state index < -0.39 is 0 Å². The molecule has 0 amide bonds. The summed E-state index contributed by atoms with van der Waals surface area (Å²) >= 11 is 0. The zero-order chi connectivity index (χ0) is 13.2. The maximum Gasteiger partial charge on any atom is 0.164 e. The van der Waals surface area contributed by atoms with Gasteiger partial charge in [0, 0.05) is 49.9 Å². The third-order valence-electron chi connectivity index (χ3n) is 3.89. The third kappa shape index (κ3) is 2.48. The Morgan fingerprint density at radius 3 is 2.84 bits per heavy atom. The molecular formula is C15H19N3O. The monoisotopic (exact) mass is 257 g/mol. The van der Waals surface area contributed by atoms with Crippen LogP contribution in [0.25, 0.3) is 0 Å². The van der Waals surface area contributed by atoms with Gasteiger partial charge in [0.05, 0.1) is 0 Å². The largest absolute Gasteiger partial charge is 0.351 e. The molecule has 0 saturated heterocycles. The van der Waals surface area contributed by atoms with Crippen LogP contribution in [0, 0.1) is 6.92 Å². The second kappa shape index (κ2) is 5.03. The number of rotatable bonds is 3. The van der Waals surface area contributed by atoms with Gasteiger partial charge in [-0.25, -0.2) is 4.98 Å². The molecule has 0 atom stereocenters. The van der Waals surface area contributed by atoms with Crippen molar-refractivity contribution in [2.24, 2.45) is 0 Å². The number of nitrogens with zero attached hydrogens (tertiary/aromatic N) is 3. The average Bonchev–Trinajstić information content (AvgIpc) is 2.95. The van der Waals surface area contributed by atoms with Gasteiger partial charge in [-0.2, -0.15) is 0 Å². The highest BCUT2D eigenvalue weighted by molar-refractivity contribution is 5.97. The van der Waals surface area contributed by atoms with Crippen LogP contribution >= 0.6 is 0 Å². The summed E-state index contributed by atoms with van der Waals surface area (Å²) in [6.07, 6.45) is 11.9. The number of fused-ring (bicyclic) bond motifs is 1. The maximum absolute atomic E-state index is 12.0. The number of ketones is 1. The Bertz CT molecular complexity index is 594. The number of hydrogen-bond donors (Lipinski definition) is 0. The maximum atomic E-state index is 12.0. The number of aromatic nitrogens is 3. The molecule has 1 aliphatic rings. The molecule has 2 aromatic heterocycles. The van der Waals surface area contributed by atoms with Gasteiger partial charge in [0.1, 0.15) is 5.82 Å². The molecule has 0 spiro atoms. The topological polar surface area (TPSA) is 39.8 Å². The molecule has 4 nitrogen and oxygen atoms in total. The van der Waals surface area contributed by atoms with E-state index in [1.165, 1.54) is 5.56 Å². The standard InChI is InChI=1S/C15H19N3O/c1-12-16-6-7-18(12)9-8-17-10-13-4-2-3-5-15(19)14(13)11-17/h6-7,10-11H,2-5,8-9H2,1H3. The molecule has 0 aromatic carbocycles. The van der Waals surface area contributed by atoms with E-state index >= 15 is 0 Å². The molecule has 19 heavy (non-hydrogen) atoms. The Labute approximate surface area is 113 Å². The van der Waals surface area contributed by atoms with Gasteiger partial charge in [0.15, 0.2) is 5.78 Å². The summed E-state index contributed by atoms with van der Waals surface area (Å²) in [6.45, 7) is 3.79. The molecule has 1 aliphatic carbocycles. The molecule has 0 fully saturated rings. The van der Waals surface area contributed by atoms with Crippen molar-refractivity contribution in [1.29, 1.82) is 0 Å². The van der Waals surface area contributed by atoms with Gasteiger partial charge < -0.3 is 9.13 Å². The van der Waals surface area contributed by atoms with Crippen molar-refractivity contribution in [2.75, 3.05) is 0 Å². The molecule has 0 aliphatic heterocycles. The summed E-state index contributed by atoms with van der Waals surface area (Å²) < 4.78 is 4.28. The summed E-state index contributed by atoms with van der Waals surface area (Å²) in [5.41, 5.74) is 2.17. The molecule has 0 radical (unpaired) electrons. The highest BCUT2D eigenvalue weighted by atomic mass is 16.1. The number of Topliss-reactive ketones (excluding diaryl/α,β-unsaturated/α-hetero) is 1. The van der Waals surface area contributed by atoms with E-state index in [-0.39, 0.29) is 0 Å². The Balaban J connectivity index is 1.74. The van der Waals surface area contributed by atoms with Gasteiger partial charge in [-0.15, -0.1) is 0 Å². The van der Waals surface area contributed by atoms with E-state index in [9.17, 15) is 4.79 Å². The summed E-state index contributed by atoms with van der Waals surface area (Å²) in [6, 6.07) is 0. The quantitative estimate of drug-likeness (QED) is 0.793. The van der Waals surface area contributed by atoms with Crippen molar-refractivity contribution in [1.82, 2.24) is 14.1 Å². The Morgan fingerprint density at radius 2 is 2.05 bits per heavy atom. The number of carbonyl (C=O) groups is 1. The van der Waals surface area contributed by atoms with E-state index in [0.29, 0.717) is 12.2 Å². The summed E-state index contributed by atoms with van der Waals surface area (Å²) in [5, 5.41) is 0. The second-order valence-corrected chi connectivity index (χ2v) is 5.23. The van der Waals surface area contributed by atoms with Gasteiger partial charge in [0.2, 0.25) is 0 Å².